The van der Waals surface area contributed by atoms with Gasteiger partial charge in [-0.05, 0) is 26.0 Å². The molecule has 1 aliphatic heterocycles. The summed E-state index contributed by atoms with van der Waals surface area (Å²) in [5.41, 5.74) is 2.23. The Morgan fingerprint density at radius 2 is 2.36 bits per heavy atom. The van der Waals surface area contributed by atoms with E-state index in [9.17, 15) is 9.18 Å². The first kappa shape index (κ1) is 14.6. The van der Waals surface area contributed by atoms with Crippen LogP contribution >= 0.6 is 0 Å². The fraction of sp³-hybridized carbons (Fsp3) is 0.400. The van der Waals surface area contributed by atoms with Gasteiger partial charge >= 0.3 is 0 Å². The largest absolute Gasteiger partial charge is 0.369 e. The summed E-state index contributed by atoms with van der Waals surface area (Å²) in [4.78, 5) is 16.2. The number of hydrogen-bond acceptors (Lipinski definition) is 4. The maximum atomic E-state index is 13.5. The molecule has 0 saturated heterocycles. The van der Waals surface area contributed by atoms with Gasteiger partial charge in [0.25, 0.3) is 5.91 Å². The van der Waals surface area contributed by atoms with Gasteiger partial charge in [-0.2, -0.15) is 5.10 Å². The molecule has 2 aromatic heterocycles. The zero-order valence-electron chi connectivity index (χ0n) is 12.4. The van der Waals surface area contributed by atoms with Crippen LogP contribution in [0.15, 0.2) is 18.3 Å². The monoisotopic (exact) mass is 304 g/mol. The smallest absolute Gasteiger partial charge is 0.272 e. The highest BCUT2D eigenvalue weighted by atomic mass is 19.1. The number of ether oxygens (including phenoxy) is 1. The molecule has 1 amide bonds. The van der Waals surface area contributed by atoms with E-state index in [0.29, 0.717) is 12.1 Å². The number of fused-ring (bicyclic) bond motifs is 1. The molecule has 7 heteroatoms. The summed E-state index contributed by atoms with van der Waals surface area (Å²) in [5.74, 6) is -0.786. The predicted molar refractivity (Wildman–Crippen MR) is 76.6 cm³/mol. The van der Waals surface area contributed by atoms with Gasteiger partial charge in [0.2, 0.25) is 0 Å². The zero-order valence-corrected chi connectivity index (χ0v) is 12.4. The minimum Gasteiger partial charge on any atom is -0.369 e. The number of aromatic amines is 1. The Kier molecular flexibility index (Phi) is 3.89. The van der Waals surface area contributed by atoms with Crippen LogP contribution in [0.1, 0.15) is 47.4 Å². The van der Waals surface area contributed by atoms with Crippen molar-refractivity contribution in [2.75, 3.05) is 0 Å². The number of nitrogens with one attached hydrogen (secondary N) is 2. The van der Waals surface area contributed by atoms with Crippen LogP contribution in [-0.4, -0.2) is 27.2 Å². The van der Waals surface area contributed by atoms with Crippen molar-refractivity contribution in [3.8, 4) is 0 Å². The summed E-state index contributed by atoms with van der Waals surface area (Å²) >= 11 is 0. The van der Waals surface area contributed by atoms with Gasteiger partial charge in [-0.15, -0.1) is 0 Å². The second kappa shape index (κ2) is 5.84. The molecule has 116 valence electrons. The highest BCUT2D eigenvalue weighted by Gasteiger charge is 2.29. The SMILES string of the molecule is C[C@@H]1Cc2c(C(=O)NCc3ncccc3F)n[nH]c2[C@H](C)O1. The summed E-state index contributed by atoms with van der Waals surface area (Å²) in [6.45, 7) is 3.89. The number of pyridine rings is 1. The van der Waals surface area contributed by atoms with Crippen LogP contribution in [0.25, 0.3) is 0 Å². The number of aromatic nitrogens is 3. The molecule has 2 aromatic rings. The van der Waals surface area contributed by atoms with Crippen LogP contribution in [0.5, 0.6) is 0 Å². The number of halogens is 1. The molecule has 0 aliphatic carbocycles. The van der Waals surface area contributed by atoms with E-state index >= 15 is 0 Å². The molecule has 3 rings (SSSR count). The van der Waals surface area contributed by atoms with Crippen molar-refractivity contribution in [3.63, 3.8) is 0 Å². The Hall–Kier alpha value is -2.28. The van der Waals surface area contributed by atoms with E-state index in [1.54, 1.807) is 0 Å². The lowest BCUT2D eigenvalue weighted by Gasteiger charge is -2.25. The Morgan fingerprint density at radius 3 is 3.14 bits per heavy atom. The maximum absolute atomic E-state index is 13.5. The van der Waals surface area contributed by atoms with Crippen molar-refractivity contribution >= 4 is 5.91 Å². The lowest BCUT2D eigenvalue weighted by atomic mass is 9.99. The molecule has 0 bridgehead atoms. The van der Waals surface area contributed by atoms with Crippen molar-refractivity contribution in [2.45, 2.75) is 39.0 Å². The summed E-state index contributed by atoms with van der Waals surface area (Å²) in [6.07, 6.45) is 2.01. The Labute approximate surface area is 127 Å². The Balaban J connectivity index is 1.75. The van der Waals surface area contributed by atoms with Gasteiger partial charge in [-0.25, -0.2) is 4.39 Å². The first-order chi connectivity index (χ1) is 10.6. The molecule has 2 N–H and O–H groups in total. The first-order valence-electron chi connectivity index (χ1n) is 7.16. The standard InChI is InChI=1S/C15H17FN4O2/c1-8-6-10-13(9(2)22-8)19-20-14(10)15(21)18-7-12-11(16)4-3-5-17-12/h3-5,8-9H,6-7H2,1-2H3,(H,18,21)(H,19,20)/t8-,9+/m1/s1. The van der Waals surface area contributed by atoms with E-state index in [1.165, 1.54) is 18.3 Å². The van der Waals surface area contributed by atoms with Gasteiger partial charge in [0.05, 0.1) is 30.1 Å². The average molecular weight is 304 g/mol. The molecular weight excluding hydrogens is 287 g/mol. The highest BCUT2D eigenvalue weighted by molar-refractivity contribution is 5.94. The molecule has 0 radical (unpaired) electrons. The van der Waals surface area contributed by atoms with Crippen molar-refractivity contribution in [1.82, 2.24) is 20.5 Å². The van der Waals surface area contributed by atoms with Crippen molar-refractivity contribution < 1.29 is 13.9 Å². The number of carbonyl (C=O) groups is 1. The van der Waals surface area contributed by atoms with Crippen LogP contribution in [0.3, 0.4) is 0 Å². The minimum atomic E-state index is -0.442. The molecule has 2 atom stereocenters. The van der Waals surface area contributed by atoms with Crippen LogP contribution < -0.4 is 5.32 Å². The van der Waals surface area contributed by atoms with Gasteiger partial charge in [0.1, 0.15) is 5.82 Å². The topological polar surface area (TPSA) is 79.9 Å². The van der Waals surface area contributed by atoms with E-state index < -0.39 is 5.82 Å². The highest BCUT2D eigenvalue weighted by Crippen LogP contribution is 2.29. The minimum absolute atomic E-state index is 0.0226. The number of carbonyl (C=O) groups excluding carboxylic acids is 1. The third-order valence-electron chi connectivity index (χ3n) is 3.70. The van der Waals surface area contributed by atoms with Crippen molar-refractivity contribution in [3.05, 3.63) is 46.8 Å². The van der Waals surface area contributed by atoms with E-state index in [4.69, 9.17) is 4.74 Å². The first-order valence-corrected chi connectivity index (χ1v) is 7.16. The molecule has 0 fully saturated rings. The van der Waals surface area contributed by atoms with Gasteiger partial charge in [0, 0.05) is 18.2 Å². The Morgan fingerprint density at radius 1 is 1.55 bits per heavy atom. The van der Waals surface area contributed by atoms with E-state index in [-0.39, 0.29) is 30.4 Å². The number of hydrogen-bond donors (Lipinski definition) is 2. The average Bonchev–Trinajstić information content (AvgIpc) is 2.90. The number of rotatable bonds is 3. The third-order valence-corrected chi connectivity index (χ3v) is 3.70. The third kappa shape index (κ3) is 2.71. The normalized spacial score (nSPS) is 20.5. The van der Waals surface area contributed by atoms with Gasteiger partial charge < -0.3 is 10.1 Å². The molecule has 0 aromatic carbocycles. The molecular formula is C15H17FN4O2. The van der Waals surface area contributed by atoms with Crippen molar-refractivity contribution in [1.29, 1.82) is 0 Å². The molecule has 0 unspecified atom stereocenters. The Bertz CT molecular complexity index is 701. The second-order valence-electron chi connectivity index (χ2n) is 5.37. The van der Waals surface area contributed by atoms with Crippen LogP contribution in [0.2, 0.25) is 0 Å². The fourth-order valence-corrected chi connectivity index (χ4v) is 2.66. The van der Waals surface area contributed by atoms with Crippen molar-refractivity contribution in [2.24, 2.45) is 0 Å². The molecule has 3 heterocycles. The van der Waals surface area contributed by atoms with E-state index in [1.807, 2.05) is 13.8 Å². The quantitative estimate of drug-likeness (QED) is 0.907. The van der Waals surface area contributed by atoms with E-state index in [0.717, 1.165) is 11.3 Å². The van der Waals surface area contributed by atoms with Crippen LogP contribution in [0.4, 0.5) is 4.39 Å². The lowest BCUT2D eigenvalue weighted by molar-refractivity contribution is -0.00697. The number of amides is 1. The maximum Gasteiger partial charge on any atom is 0.272 e. The number of nitrogens with zero attached hydrogens (tertiary/aromatic N) is 2. The molecule has 6 nitrogen and oxygen atoms in total. The predicted octanol–water partition coefficient (Wildman–Crippen LogP) is 1.90. The van der Waals surface area contributed by atoms with E-state index in [2.05, 4.69) is 20.5 Å². The van der Waals surface area contributed by atoms with Gasteiger partial charge in [-0.3, -0.25) is 14.9 Å². The fourth-order valence-electron chi connectivity index (χ4n) is 2.66. The number of H-pyrrole nitrogens is 1. The van der Waals surface area contributed by atoms with Crippen LogP contribution in [-0.2, 0) is 17.7 Å². The van der Waals surface area contributed by atoms with Crippen LogP contribution in [0, 0.1) is 5.82 Å². The van der Waals surface area contributed by atoms with Gasteiger partial charge in [-0.1, -0.05) is 0 Å². The molecule has 0 spiro atoms. The zero-order chi connectivity index (χ0) is 15.7. The molecule has 0 saturated carbocycles. The summed E-state index contributed by atoms with van der Waals surface area (Å²) in [5, 5.41) is 9.60. The summed E-state index contributed by atoms with van der Waals surface area (Å²) < 4.78 is 19.2. The summed E-state index contributed by atoms with van der Waals surface area (Å²) in [6, 6.07) is 2.82. The lowest BCUT2D eigenvalue weighted by Crippen LogP contribution is -2.28. The second-order valence-corrected chi connectivity index (χ2v) is 5.37. The summed E-state index contributed by atoms with van der Waals surface area (Å²) in [7, 11) is 0. The molecule has 1 aliphatic rings. The molecule has 22 heavy (non-hydrogen) atoms. The van der Waals surface area contributed by atoms with Gasteiger partial charge in [0.15, 0.2) is 5.69 Å².